The van der Waals surface area contributed by atoms with E-state index in [1.54, 1.807) is 12.1 Å². The summed E-state index contributed by atoms with van der Waals surface area (Å²) in [5.41, 5.74) is 9.43. The third-order valence-electron chi connectivity index (χ3n) is 2.73. The first-order chi connectivity index (χ1) is 8.56. The van der Waals surface area contributed by atoms with Crippen molar-refractivity contribution in [1.82, 2.24) is 0 Å². The Morgan fingerprint density at radius 1 is 1.22 bits per heavy atom. The van der Waals surface area contributed by atoms with Crippen molar-refractivity contribution in [2.75, 3.05) is 11.1 Å². The van der Waals surface area contributed by atoms with E-state index < -0.39 is 5.82 Å². The van der Waals surface area contributed by atoms with Gasteiger partial charge in [0, 0.05) is 17.9 Å². The smallest absolute Gasteiger partial charge is 0.141 e. The number of hydrogen-bond acceptors (Lipinski definition) is 2. The predicted molar refractivity (Wildman–Crippen MR) is 74.3 cm³/mol. The van der Waals surface area contributed by atoms with Crippen LogP contribution >= 0.6 is 11.6 Å². The Labute approximate surface area is 111 Å². The summed E-state index contributed by atoms with van der Waals surface area (Å²) in [5, 5.41) is 3.39. The van der Waals surface area contributed by atoms with Crippen LogP contribution in [0.2, 0.25) is 5.02 Å². The van der Waals surface area contributed by atoms with Crippen molar-refractivity contribution in [1.29, 1.82) is 0 Å². The van der Waals surface area contributed by atoms with Crippen LogP contribution in [0.5, 0.6) is 0 Å². The van der Waals surface area contributed by atoms with Crippen molar-refractivity contribution in [2.24, 2.45) is 0 Å². The average Bonchev–Trinajstić information content (AvgIpc) is 2.34. The zero-order valence-corrected chi connectivity index (χ0v) is 10.8. The van der Waals surface area contributed by atoms with E-state index in [2.05, 4.69) is 5.32 Å². The third kappa shape index (κ3) is 2.93. The van der Waals surface area contributed by atoms with Crippen LogP contribution in [-0.2, 0) is 6.54 Å². The van der Waals surface area contributed by atoms with Crippen LogP contribution < -0.4 is 11.1 Å². The lowest BCUT2D eigenvalue weighted by atomic mass is 10.1. The van der Waals surface area contributed by atoms with Gasteiger partial charge in [-0.1, -0.05) is 23.7 Å². The second-order valence-corrected chi connectivity index (χ2v) is 4.58. The van der Waals surface area contributed by atoms with Gasteiger partial charge in [-0.3, -0.25) is 0 Å². The van der Waals surface area contributed by atoms with Gasteiger partial charge < -0.3 is 11.1 Å². The monoisotopic (exact) mass is 264 g/mol. The molecule has 2 nitrogen and oxygen atoms in total. The van der Waals surface area contributed by atoms with Crippen molar-refractivity contribution in [3.63, 3.8) is 0 Å². The zero-order chi connectivity index (χ0) is 13.1. The molecule has 0 atom stereocenters. The van der Waals surface area contributed by atoms with Crippen molar-refractivity contribution in [2.45, 2.75) is 13.5 Å². The van der Waals surface area contributed by atoms with Crippen LogP contribution in [0.25, 0.3) is 0 Å². The molecule has 0 aliphatic rings. The fraction of sp³-hybridized carbons (Fsp3) is 0.143. The quantitative estimate of drug-likeness (QED) is 0.823. The fourth-order valence-electron chi connectivity index (χ4n) is 1.68. The maximum Gasteiger partial charge on any atom is 0.141 e. The highest BCUT2D eigenvalue weighted by atomic mass is 35.5. The van der Waals surface area contributed by atoms with E-state index in [0.29, 0.717) is 12.2 Å². The number of anilines is 2. The summed E-state index contributed by atoms with van der Waals surface area (Å²) in [6.45, 7) is 2.57. The number of hydrogen-bond donors (Lipinski definition) is 2. The summed E-state index contributed by atoms with van der Waals surface area (Å²) in [4.78, 5) is 0. The van der Waals surface area contributed by atoms with Gasteiger partial charge in [-0.25, -0.2) is 4.39 Å². The lowest BCUT2D eigenvalue weighted by Crippen LogP contribution is -2.02. The minimum atomic E-state index is -0.402. The van der Waals surface area contributed by atoms with Crippen molar-refractivity contribution in [3.05, 3.63) is 58.4 Å². The zero-order valence-electron chi connectivity index (χ0n) is 10.0. The first-order valence-corrected chi connectivity index (χ1v) is 5.98. The Hall–Kier alpha value is -1.74. The number of nitrogens with one attached hydrogen (secondary N) is 1. The van der Waals surface area contributed by atoms with Gasteiger partial charge in [-0.2, -0.15) is 0 Å². The molecular weight excluding hydrogens is 251 g/mol. The highest BCUT2D eigenvalue weighted by Crippen LogP contribution is 2.20. The molecule has 0 spiro atoms. The lowest BCUT2D eigenvalue weighted by Gasteiger charge is -2.10. The first kappa shape index (κ1) is 12.7. The van der Waals surface area contributed by atoms with E-state index in [0.717, 1.165) is 16.8 Å². The van der Waals surface area contributed by atoms with E-state index in [4.69, 9.17) is 17.3 Å². The number of halogens is 2. The van der Waals surface area contributed by atoms with Crippen LogP contribution in [0.3, 0.4) is 0 Å². The molecule has 2 rings (SSSR count). The molecule has 4 heteroatoms. The summed E-state index contributed by atoms with van der Waals surface area (Å²) >= 11 is 5.73. The SMILES string of the molecule is Cc1ccc(N)cc1NCc1ccc(F)c(Cl)c1. The second kappa shape index (κ2) is 5.27. The van der Waals surface area contributed by atoms with Crippen LogP contribution in [0.1, 0.15) is 11.1 Å². The first-order valence-electron chi connectivity index (χ1n) is 5.60. The Morgan fingerprint density at radius 2 is 2.00 bits per heavy atom. The van der Waals surface area contributed by atoms with E-state index in [1.807, 2.05) is 25.1 Å². The molecule has 0 aliphatic heterocycles. The molecule has 0 saturated heterocycles. The van der Waals surface area contributed by atoms with E-state index in [-0.39, 0.29) is 5.02 Å². The summed E-state index contributed by atoms with van der Waals surface area (Å²) in [6, 6.07) is 10.4. The molecule has 0 amide bonds. The maximum atomic E-state index is 13.0. The van der Waals surface area contributed by atoms with E-state index in [1.165, 1.54) is 6.07 Å². The molecular formula is C14H14ClFN2. The van der Waals surface area contributed by atoms with Gasteiger partial charge in [0.25, 0.3) is 0 Å². The van der Waals surface area contributed by atoms with Crippen molar-refractivity contribution < 1.29 is 4.39 Å². The number of rotatable bonds is 3. The maximum absolute atomic E-state index is 13.0. The Morgan fingerprint density at radius 3 is 2.72 bits per heavy atom. The molecule has 0 radical (unpaired) electrons. The summed E-state index contributed by atoms with van der Waals surface area (Å²) < 4.78 is 13.0. The molecule has 0 fully saturated rings. The number of aryl methyl sites for hydroxylation is 1. The lowest BCUT2D eigenvalue weighted by molar-refractivity contribution is 0.627. The van der Waals surface area contributed by atoms with Gasteiger partial charge in [0.05, 0.1) is 5.02 Å². The number of benzene rings is 2. The largest absolute Gasteiger partial charge is 0.399 e. The van der Waals surface area contributed by atoms with Crippen molar-refractivity contribution >= 4 is 23.0 Å². The molecule has 2 aromatic rings. The predicted octanol–water partition coefficient (Wildman–Crippen LogP) is 3.98. The molecule has 2 aromatic carbocycles. The minimum absolute atomic E-state index is 0.138. The molecule has 0 heterocycles. The molecule has 3 N–H and O–H groups in total. The third-order valence-corrected chi connectivity index (χ3v) is 3.02. The summed E-state index contributed by atoms with van der Waals surface area (Å²) in [6.07, 6.45) is 0. The van der Waals surface area contributed by atoms with Gasteiger partial charge in [-0.15, -0.1) is 0 Å². The van der Waals surface area contributed by atoms with Gasteiger partial charge in [0.15, 0.2) is 0 Å². The molecule has 94 valence electrons. The highest BCUT2D eigenvalue weighted by Gasteiger charge is 2.02. The van der Waals surface area contributed by atoms with Gasteiger partial charge in [0.2, 0.25) is 0 Å². The molecule has 18 heavy (non-hydrogen) atoms. The Balaban J connectivity index is 2.11. The van der Waals surface area contributed by atoms with Crippen LogP contribution in [-0.4, -0.2) is 0 Å². The molecule has 0 unspecified atom stereocenters. The highest BCUT2D eigenvalue weighted by molar-refractivity contribution is 6.30. The number of nitrogen functional groups attached to an aromatic ring is 1. The van der Waals surface area contributed by atoms with Crippen LogP contribution in [0, 0.1) is 12.7 Å². The topological polar surface area (TPSA) is 38.0 Å². The van der Waals surface area contributed by atoms with Crippen LogP contribution in [0.4, 0.5) is 15.8 Å². The van der Waals surface area contributed by atoms with Crippen LogP contribution in [0.15, 0.2) is 36.4 Å². The molecule has 0 aromatic heterocycles. The summed E-state index contributed by atoms with van der Waals surface area (Å²) in [5.74, 6) is -0.402. The van der Waals surface area contributed by atoms with Gasteiger partial charge in [0.1, 0.15) is 5.82 Å². The summed E-state index contributed by atoms with van der Waals surface area (Å²) in [7, 11) is 0. The Bertz CT molecular complexity index is 570. The molecule has 0 bridgehead atoms. The molecule has 0 saturated carbocycles. The van der Waals surface area contributed by atoms with E-state index in [9.17, 15) is 4.39 Å². The average molecular weight is 265 g/mol. The van der Waals surface area contributed by atoms with Gasteiger partial charge >= 0.3 is 0 Å². The van der Waals surface area contributed by atoms with E-state index >= 15 is 0 Å². The Kier molecular flexibility index (Phi) is 3.72. The van der Waals surface area contributed by atoms with Gasteiger partial charge in [-0.05, 0) is 42.3 Å². The normalized spacial score (nSPS) is 10.4. The van der Waals surface area contributed by atoms with Crippen molar-refractivity contribution in [3.8, 4) is 0 Å². The standard InChI is InChI=1S/C14H14ClFN2/c1-9-2-4-11(17)7-14(9)18-8-10-3-5-13(16)12(15)6-10/h2-7,18H,8,17H2,1H3. The second-order valence-electron chi connectivity index (χ2n) is 4.18. The molecule has 0 aliphatic carbocycles. The fourth-order valence-corrected chi connectivity index (χ4v) is 1.88. The minimum Gasteiger partial charge on any atom is -0.399 e. The number of nitrogens with two attached hydrogens (primary N) is 1.